The zero-order valence-electron chi connectivity index (χ0n) is 11.3. The molecule has 7 heteroatoms. The first-order valence-electron chi connectivity index (χ1n) is 6.50. The molecule has 20 heavy (non-hydrogen) atoms. The summed E-state index contributed by atoms with van der Waals surface area (Å²) in [7, 11) is 0. The first-order valence-corrected chi connectivity index (χ1v) is 6.91. The fourth-order valence-corrected chi connectivity index (χ4v) is 2.15. The molecule has 0 aliphatic carbocycles. The smallest absolute Gasteiger partial charge is 0.224 e. The molecular weight excluding hydrogens is 274 g/mol. The Morgan fingerprint density at radius 1 is 1.55 bits per heavy atom. The number of amides is 1. The number of hydrogen-bond acceptors (Lipinski definition) is 4. The lowest BCUT2D eigenvalue weighted by molar-refractivity contribution is -0.120. The first kappa shape index (κ1) is 14.4. The molecule has 0 fully saturated rings. The lowest BCUT2D eigenvalue weighted by Gasteiger charge is -2.07. The minimum atomic E-state index is -0.0222. The largest absolute Gasteiger partial charge is 0.354 e. The van der Waals surface area contributed by atoms with E-state index in [1.165, 1.54) is 0 Å². The minimum absolute atomic E-state index is 0.0222. The molecule has 2 aromatic heterocycles. The van der Waals surface area contributed by atoms with Gasteiger partial charge in [0.2, 0.25) is 5.91 Å². The van der Waals surface area contributed by atoms with Gasteiger partial charge in [0.25, 0.3) is 0 Å². The van der Waals surface area contributed by atoms with Crippen LogP contribution in [-0.2, 0) is 24.2 Å². The summed E-state index contributed by atoms with van der Waals surface area (Å²) in [4.78, 5) is 15.8. The molecule has 0 radical (unpaired) electrons. The lowest BCUT2D eigenvalue weighted by Crippen LogP contribution is -2.29. The van der Waals surface area contributed by atoms with Crippen molar-refractivity contribution < 1.29 is 4.79 Å². The topological polar surface area (TPSA) is 75.6 Å². The van der Waals surface area contributed by atoms with Crippen LogP contribution in [0.4, 0.5) is 0 Å². The Bertz CT molecular complexity index is 619. The third-order valence-electron chi connectivity index (χ3n) is 2.90. The molecule has 0 saturated carbocycles. The van der Waals surface area contributed by atoms with Crippen LogP contribution in [0.2, 0.25) is 0 Å². The molecule has 2 aromatic rings. The van der Waals surface area contributed by atoms with Crippen LogP contribution >= 0.6 is 12.2 Å². The third kappa shape index (κ3) is 3.74. The predicted octanol–water partition coefficient (Wildman–Crippen LogP) is 1.26. The van der Waals surface area contributed by atoms with Gasteiger partial charge in [0.15, 0.2) is 4.77 Å². The Labute approximate surface area is 122 Å². The van der Waals surface area contributed by atoms with E-state index >= 15 is 0 Å². The Balaban J connectivity index is 1.82. The molecule has 6 nitrogen and oxygen atoms in total. The Morgan fingerprint density at radius 2 is 2.40 bits per heavy atom. The molecule has 2 N–H and O–H groups in total. The van der Waals surface area contributed by atoms with E-state index in [-0.39, 0.29) is 5.91 Å². The first-order chi connectivity index (χ1) is 9.70. The van der Waals surface area contributed by atoms with Crippen molar-refractivity contribution in [3.05, 3.63) is 40.7 Å². The maximum Gasteiger partial charge on any atom is 0.224 e. The number of pyridine rings is 1. The van der Waals surface area contributed by atoms with Crippen molar-refractivity contribution in [1.82, 2.24) is 25.1 Å². The number of hydrogen-bond donors (Lipinski definition) is 2. The number of aromatic nitrogens is 4. The number of rotatable bonds is 6. The summed E-state index contributed by atoms with van der Waals surface area (Å²) in [6.07, 6.45) is 4.53. The summed E-state index contributed by atoms with van der Waals surface area (Å²) in [5.74, 6) is 0.877. The van der Waals surface area contributed by atoms with Gasteiger partial charge in [0, 0.05) is 31.9 Å². The van der Waals surface area contributed by atoms with Gasteiger partial charge in [-0.25, -0.2) is 0 Å². The van der Waals surface area contributed by atoms with Crippen LogP contribution in [0.5, 0.6) is 0 Å². The highest BCUT2D eigenvalue weighted by Crippen LogP contribution is 1.99. The molecule has 0 bridgehead atoms. The molecule has 1 amide bonds. The average Bonchev–Trinajstić information content (AvgIpc) is 2.81. The van der Waals surface area contributed by atoms with Crippen LogP contribution in [0, 0.1) is 4.77 Å². The van der Waals surface area contributed by atoms with Gasteiger partial charge < -0.3 is 9.88 Å². The van der Waals surface area contributed by atoms with Gasteiger partial charge in [-0.1, -0.05) is 13.0 Å². The summed E-state index contributed by atoms with van der Waals surface area (Å²) >= 11 is 5.15. The molecule has 2 heterocycles. The van der Waals surface area contributed by atoms with E-state index in [0.717, 1.165) is 17.8 Å². The number of nitrogens with zero attached hydrogens (tertiary/aromatic N) is 3. The van der Waals surface area contributed by atoms with E-state index in [9.17, 15) is 4.79 Å². The molecule has 0 atom stereocenters. The van der Waals surface area contributed by atoms with Crippen LogP contribution in [0.3, 0.4) is 0 Å². The normalized spacial score (nSPS) is 10.4. The molecule has 0 aliphatic rings. The summed E-state index contributed by atoms with van der Waals surface area (Å²) in [6.45, 7) is 3.17. The van der Waals surface area contributed by atoms with Gasteiger partial charge in [0.05, 0.1) is 6.42 Å². The van der Waals surface area contributed by atoms with E-state index in [1.54, 1.807) is 12.4 Å². The van der Waals surface area contributed by atoms with Gasteiger partial charge in [0.1, 0.15) is 5.82 Å². The Morgan fingerprint density at radius 3 is 3.10 bits per heavy atom. The summed E-state index contributed by atoms with van der Waals surface area (Å²) in [5.41, 5.74) is 0.902. The van der Waals surface area contributed by atoms with Gasteiger partial charge in [-0.05, 0) is 23.8 Å². The van der Waals surface area contributed by atoms with Crippen LogP contribution in [0.25, 0.3) is 0 Å². The van der Waals surface area contributed by atoms with Gasteiger partial charge >= 0.3 is 0 Å². The highest BCUT2D eigenvalue weighted by Gasteiger charge is 2.05. The number of carbonyl (C=O) groups excluding carboxylic acids is 1. The number of nitrogens with one attached hydrogen (secondary N) is 2. The Hall–Kier alpha value is -2.02. The fraction of sp³-hybridized carbons (Fsp3) is 0.385. The summed E-state index contributed by atoms with van der Waals surface area (Å²) in [6, 6.07) is 3.70. The van der Waals surface area contributed by atoms with Crippen molar-refractivity contribution in [2.24, 2.45) is 0 Å². The molecule has 0 aliphatic heterocycles. The van der Waals surface area contributed by atoms with Gasteiger partial charge in [-0.3, -0.25) is 14.9 Å². The number of aryl methyl sites for hydroxylation is 1. The fourth-order valence-electron chi connectivity index (χ4n) is 1.91. The number of carbonyl (C=O) groups is 1. The van der Waals surface area contributed by atoms with E-state index in [1.807, 2.05) is 23.6 Å². The Kier molecular flexibility index (Phi) is 5.00. The quantitative estimate of drug-likeness (QED) is 0.786. The minimum Gasteiger partial charge on any atom is -0.354 e. The second-order valence-electron chi connectivity index (χ2n) is 4.34. The zero-order valence-corrected chi connectivity index (χ0v) is 12.1. The van der Waals surface area contributed by atoms with Crippen molar-refractivity contribution in [3.8, 4) is 0 Å². The van der Waals surface area contributed by atoms with Crippen LogP contribution in [0.15, 0.2) is 24.5 Å². The molecular formula is C13H17N5OS. The van der Waals surface area contributed by atoms with Gasteiger partial charge in [-0.15, -0.1) is 0 Å². The second-order valence-corrected chi connectivity index (χ2v) is 4.72. The van der Waals surface area contributed by atoms with Crippen LogP contribution < -0.4 is 5.32 Å². The maximum absolute atomic E-state index is 11.8. The third-order valence-corrected chi connectivity index (χ3v) is 3.21. The number of aromatic amines is 1. The standard InChI is InChI=1S/C13H17N5OS/c1-2-11-16-17-13(20)18(11)7-6-15-12(19)8-10-4-3-5-14-9-10/h3-5,9H,2,6-8H2,1H3,(H,15,19)(H,17,20). The van der Waals surface area contributed by atoms with Crippen LogP contribution in [-0.4, -0.2) is 32.2 Å². The van der Waals surface area contributed by atoms with Crippen molar-refractivity contribution >= 4 is 18.1 Å². The lowest BCUT2D eigenvalue weighted by atomic mass is 10.2. The SMILES string of the molecule is CCc1n[nH]c(=S)n1CCNC(=O)Cc1cccnc1. The van der Waals surface area contributed by atoms with Crippen LogP contribution in [0.1, 0.15) is 18.3 Å². The van der Waals surface area contributed by atoms with Crippen molar-refractivity contribution in [2.75, 3.05) is 6.54 Å². The van der Waals surface area contributed by atoms with Crippen molar-refractivity contribution in [1.29, 1.82) is 0 Å². The molecule has 106 valence electrons. The summed E-state index contributed by atoms with van der Waals surface area (Å²) in [5, 5.41) is 9.76. The summed E-state index contributed by atoms with van der Waals surface area (Å²) < 4.78 is 2.49. The molecule has 2 rings (SSSR count). The molecule has 0 saturated heterocycles. The van der Waals surface area contributed by atoms with Crippen molar-refractivity contribution in [2.45, 2.75) is 26.3 Å². The average molecular weight is 291 g/mol. The maximum atomic E-state index is 11.8. The molecule has 0 unspecified atom stereocenters. The molecule has 0 aromatic carbocycles. The van der Waals surface area contributed by atoms with E-state index in [0.29, 0.717) is 24.3 Å². The van der Waals surface area contributed by atoms with E-state index < -0.39 is 0 Å². The molecule has 0 spiro atoms. The highest BCUT2D eigenvalue weighted by molar-refractivity contribution is 7.71. The van der Waals surface area contributed by atoms with E-state index in [2.05, 4.69) is 20.5 Å². The van der Waals surface area contributed by atoms with Crippen molar-refractivity contribution in [3.63, 3.8) is 0 Å². The number of H-pyrrole nitrogens is 1. The predicted molar refractivity (Wildman–Crippen MR) is 77.7 cm³/mol. The zero-order chi connectivity index (χ0) is 14.4. The van der Waals surface area contributed by atoms with E-state index in [4.69, 9.17) is 12.2 Å². The highest BCUT2D eigenvalue weighted by atomic mass is 32.1. The second kappa shape index (κ2) is 6.95. The monoisotopic (exact) mass is 291 g/mol. The van der Waals surface area contributed by atoms with Gasteiger partial charge in [-0.2, -0.15) is 5.10 Å².